The molecule has 0 fully saturated rings. The summed E-state index contributed by atoms with van der Waals surface area (Å²) in [5.41, 5.74) is 4.10. The number of carbonyl (C=O) groups excluding carboxylic acids is 2. The smallest absolute Gasteiger partial charge is 0.348 e. The number of likely N-dealkylation sites (N-methyl/N-ethyl adjacent to an activating group) is 1. The summed E-state index contributed by atoms with van der Waals surface area (Å²) in [4.78, 5) is 27.8. The molecule has 0 atom stereocenters. The minimum absolute atomic E-state index is 0.225. The quantitative estimate of drug-likeness (QED) is 0.398. The zero-order valence-electron chi connectivity index (χ0n) is 17.9. The molecule has 1 aromatic carbocycles. The molecule has 0 aliphatic heterocycles. The molecule has 0 unspecified atom stereocenters. The van der Waals surface area contributed by atoms with E-state index in [-0.39, 0.29) is 12.5 Å². The van der Waals surface area contributed by atoms with Crippen LogP contribution in [-0.4, -0.2) is 46.3 Å². The van der Waals surface area contributed by atoms with Crippen LogP contribution in [0.3, 0.4) is 0 Å². The van der Waals surface area contributed by atoms with E-state index in [1.165, 1.54) is 16.9 Å². The number of hydrogen-bond acceptors (Lipinski definition) is 5. The van der Waals surface area contributed by atoms with Crippen LogP contribution in [0.2, 0.25) is 0 Å². The first kappa shape index (κ1) is 21.8. The number of thiophene rings is 1. The van der Waals surface area contributed by atoms with E-state index in [2.05, 4.69) is 42.9 Å². The third-order valence-corrected chi connectivity index (χ3v) is 5.91. The molecule has 7 heteroatoms. The lowest BCUT2D eigenvalue weighted by Crippen LogP contribution is -2.35. The highest BCUT2D eigenvalue weighted by Crippen LogP contribution is 2.29. The summed E-state index contributed by atoms with van der Waals surface area (Å²) in [6, 6.07) is 10.1. The van der Waals surface area contributed by atoms with Crippen LogP contribution in [0.15, 0.2) is 42.5 Å². The molecule has 3 rings (SSSR count). The Balaban J connectivity index is 1.72. The van der Waals surface area contributed by atoms with E-state index in [0.29, 0.717) is 24.5 Å². The summed E-state index contributed by atoms with van der Waals surface area (Å²) in [7, 11) is 0. The molecule has 0 saturated carbocycles. The van der Waals surface area contributed by atoms with E-state index >= 15 is 0 Å². The topological polar surface area (TPSA) is 64.4 Å². The van der Waals surface area contributed by atoms with Crippen molar-refractivity contribution in [3.63, 3.8) is 0 Å². The summed E-state index contributed by atoms with van der Waals surface area (Å²) in [5, 5.41) is 5.54. The van der Waals surface area contributed by atoms with Crippen molar-refractivity contribution in [2.75, 3.05) is 19.7 Å². The predicted molar refractivity (Wildman–Crippen MR) is 120 cm³/mol. The van der Waals surface area contributed by atoms with E-state index < -0.39 is 5.97 Å². The highest BCUT2D eigenvalue weighted by atomic mass is 32.1. The Hall–Kier alpha value is -2.93. The van der Waals surface area contributed by atoms with Gasteiger partial charge in [0.25, 0.3) is 5.91 Å². The number of fused-ring (bicyclic) bond motifs is 1. The standard InChI is InChI=1S/C23H27N3O3S/c1-6-25(12-15(2)3)21(27)14-29-23(28)20-11-19-17(5)24-26(22(19)30-20)13-18-9-7-16(4)8-10-18/h7-11H,2,6,12-14H2,1,3-5H3. The van der Waals surface area contributed by atoms with Gasteiger partial charge in [-0.15, -0.1) is 11.3 Å². The first-order chi connectivity index (χ1) is 14.3. The zero-order chi connectivity index (χ0) is 21.8. The van der Waals surface area contributed by atoms with E-state index in [0.717, 1.165) is 27.0 Å². The Morgan fingerprint density at radius 2 is 1.93 bits per heavy atom. The Morgan fingerprint density at radius 1 is 1.23 bits per heavy atom. The van der Waals surface area contributed by atoms with Crippen LogP contribution in [0, 0.1) is 13.8 Å². The number of nitrogens with zero attached hydrogens (tertiary/aromatic N) is 3. The fourth-order valence-corrected chi connectivity index (χ4v) is 4.23. The number of carbonyl (C=O) groups is 2. The third-order valence-electron chi connectivity index (χ3n) is 4.78. The largest absolute Gasteiger partial charge is 0.451 e. The van der Waals surface area contributed by atoms with Crippen molar-refractivity contribution in [2.24, 2.45) is 0 Å². The van der Waals surface area contributed by atoms with Crippen LogP contribution in [-0.2, 0) is 16.1 Å². The van der Waals surface area contributed by atoms with Gasteiger partial charge in [0.1, 0.15) is 9.71 Å². The normalized spacial score (nSPS) is 10.9. The van der Waals surface area contributed by atoms with Crippen LogP contribution >= 0.6 is 11.3 Å². The average molecular weight is 426 g/mol. The summed E-state index contributed by atoms with van der Waals surface area (Å²) in [6.45, 7) is 12.9. The van der Waals surface area contributed by atoms with Crippen molar-refractivity contribution < 1.29 is 14.3 Å². The van der Waals surface area contributed by atoms with Crippen molar-refractivity contribution in [3.8, 4) is 0 Å². The summed E-state index contributed by atoms with van der Waals surface area (Å²) in [6.07, 6.45) is 0. The minimum atomic E-state index is -0.489. The second-order valence-electron chi connectivity index (χ2n) is 7.50. The molecule has 0 spiro atoms. The van der Waals surface area contributed by atoms with E-state index in [9.17, 15) is 9.59 Å². The molecule has 1 amide bonds. The fraction of sp³-hybridized carbons (Fsp3) is 0.348. The molecule has 0 N–H and O–H groups in total. The molecule has 0 saturated heterocycles. The molecule has 30 heavy (non-hydrogen) atoms. The van der Waals surface area contributed by atoms with Crippen molar-refractivity contribution in [3.05, 3.63) is 64.2 Å². The van der Waals surface area contributed by atoms with Gasteiger partial charge in [-0.05, 0) is 39.3 Å². The maximum atomic E-state index is 12.5. The lowest BCUT2D eigenvalue weighted by molar-refractivity contribution is -0.133. The lowest BCUT2D eigenvalue weighted by Gasteiger charge is -2.20. The van der Waals surface area contributed by atoms with Gasteiger partial charge >= 0.3 is 5.97 Å². The summed E-state index contributed by atoms with van der Waals surface area (Å²) >= 11 is 1.34. The minimum Gasteiger partial charge on any atom is -0.451 e. The van der Waals surface area contributed by atoms with Gasteiger partial charge in [0, 0.05) is 18.5 Å². The number of rotatable bonds is 8. The zero-order valence-corrected chi connectivity index (χ0v) is 18.7. The van der Waals surface area contributed by atoms with Crippen molar-refractivity contribution >= 4 is 33.4 Å². The Morgan fingerprint density at radius 3 is 2.57 bits per heavy atom. The van der Waals surface area contributed by atoms with Crippen LogP contribution in [0.25, 0.3) is 10.2 Å². The molecule has 3 aromatic rings. The first-order valence-corrected chi connectivity index (χ1v) is 10.7. The first-order valence-electron chi connectivity index (χ1n) is 9.90. The SMILES string of the molecule is C=C(C)CN(CC)C(=O)COC(=O)c1cc2c(C)nn(Cc3ccc(C)cc3)c2s1. The van der Waals surface area contributed by atoms with Crippen molar-refractivity contribution in [1.82, 2.24) is 14.7 Å². The van der Waals surface area contributed by atoms with Gasteiger partial charge in [-0.1, -0.05) is 42.0 Å². The highest BCUT2D eigenvalue weighted by molar-refractivity contribution is 7.20. The Labute approximate surface area is 180 Å². The molecule has 0 aliphatic rings. The maximum absolute atomic E-state index is 12.5. The van der Waals surface area contributed by atoms with Crippen LogP contribution < -0.4 is 0 Å². The lowest BCUT2D eigenvalue weighted by atomic mass is 10.1. The van der Waals surface area contributed by atoms with Gasteiger partial charge in [-0.2, -0.15) is 5.10 Å². The third kappa shape index (κ3) is 4.97. The van der Waals surface area contributed by atoms with Gasteiger partial charge in [0.05, 0.1) is 12.2 Å². The number of aromatic nitrogens is 2. The van der Waals surface area contributed by atoms with E-state index in [1.54, 1.807) is 11.0 Å². The average Bonchev–Trinajstić information content (AvgIpc) is 3.27. The number of aryl methyl sites for hydroxylation is 2. The maximum Gasteiger partial charge on any atom is 0.348 e. The van der Waals surface area contributed by atoms with E-state index in [4.69, 9.17) is 4.74 Å². The second-order valence-corrected chi connectivity index (χ2v) is 8.53. The number of ether oxygens (including phenoxy) is 1. The van der Waals surface area contributed by atoms with Crippen LogP contribution in [0.5, 0.6) is 0 Å². The molecule has 0 radical (unpaired) electrons. The monoisotopic (exact) mass is 425 g/mol. The number of benzene rings is 1. The molecule has 0 bridgehead atoms. The fourth-order valence-electron chi connectivity index (χ4n) is 3.18. The second kappa shape index (κ2) is 9.26. The number of esters is 1. The van der Waals surface area contributed by atoms with Crippen LogP contribution in [0.1, 0.15) is 40.3 Å². The van der Waals surface area contributed by atoms with E-state index in [1.807, 2.05) is 25.5 Å². The summed E-state index contributed by atoms with van der Waals surface area (Å²) in [5.74, 6) is -0.714. The van der Waals surface area contributed by atoms with Crippen molar-refractivity contribution in [2.45, 2.75) is 34.2 Å². The van der Waals surface area contributed by atoms with Gasteiger partial charge < -0.3 is 9.64 Å². The highest BCUT2D eigenvalue weighted by Gasteiger charge is 2.20. The molecular weight excluding hydrogens is 398 g/mol. The number of amides is 1. The van der Waals surface area contributed by atoms with Crippen molar-refractivity contribution in [1.29, 1.82) is 0 Å². The Kier molecular flexibility index (Phi) is 6.72. The van der Waals surface area contributed by atoms with Crippen LogP contribution in [0.4, 0.5) is 0 Å². The van der Waals surface area contributed by atoms with Gasteiger partial charge in [0.15, 0.2) is 6.61 Å². The Bertz CT molecular complexity index is 1080. The molecule has 158 valence electrons. The van der Waals surface area contributed by atoms with Gasteiger partial charge in [0.2, 0.25) is 0 Å². The molecule has 2 aromatic heterocycles. The van der Waals surface area contributed by atoms with Gasteiger partial charge in [-0.25, -0.2) is 4.79 Å². The molecular formula is C23H27N3O3S. The van der Waals surface area contributed by atoms with Gasteiger partial charge in [-0.3, -0.25) is 9.48 Å². The molecule has 2 heterocycles. The molecule has 0 aliphatic carbocycles. The number of hydrogen-bond donors (Lipinski definition) is 0. The summed E-state index contributed by atoms with van der Waals surface area (Å²) < 4.78 is 7.20. The predicted octanol–water partition coefficient (Wildman–Crippen LogP) is 4.34. The molecule has 6 nitrogen and oxygen atoms in total.